The molecule has 0 aromatic heterocycles. The van der Waals surface area contributed by atoms with Gasteiger partial charge in [-0.15, -0.1) is 11.8 Å². The molecule has 0 saturated heterocycles. The Labute approximate surface area is 162 Å². The number of carbonyl (C=O) groups excluding carboxylic acids is 2. The van der Waals surface area contributed by atoms with Crippen LogP contribution in [0.15, 0.2) is 78.9 Å². The zero-order valence-electron chi connectivity index (χ0n) is 14.7. The van der Waals surface area contributed by atoms with Crippen LogP contribution in [-0.4, -0.2) is 17.6 Å². The van der Waals surface area contributed by atoms with Crippen molar-refractivity contribution in [2.45, 2.75) is 5.75 Å². The van der Waals surface area contributed by atoms with Crippen LogP contribution in [-0.2, 0) is 15.3 Å². The molecule has 4 nitrogen and oxygen atoms in total. The van der Waals surface area contributed by atoms with Crippen LogP contribution in [0.2, 0.25) is 0 Å². The highest BCUT2D eigenvalue weighted by atomic mass is 32.2. The van der Waals surface area contributed by atoms with E-state index >= 15 is 0 Å². The molecule has 0 aliphatic carbocycles. The monoisotopic (exact) mass is 376 g/mol. The normalized spacial score (nSPS) is 10.8. The molecular weight excluding hydrogens is 356 g/mol. The van der Waals surface area contributed by atoms with Crippen molar-refractivity contribution in [1.82, 2.24) is 10.9 Å². The summed E-state index contributed by atoms with van der Waals surface area (Å²) in [7, 11) is 0. The molecule has 5 heteroatoms. The number of hydrazine groups is 1. The number of carbonyl (C=O) groups is 2. The predicted octanol–water partition coefficient (Wildman–Crippen LogP) is 3.93. The van der Waals surface area contributed by atoms with E-state index in [2.05, 4.69) is 35.1 Å². The molecule has 0 bridgehead atoms. The predicted molar refractivity (Wildman–Crippen MR) is 112 cm³/mol. The van der Waals surface area contributed by atoms with Gasteiger partial charge in [-0.1, -0.05) is 72.8 Å². The van der Waals surface area contributed by atoms with E-state index in [0.717, 1.165) is 11.3 Å². The van der Waals surface area contributed by atoms with Gasteiger partial charge in [0.25, 0.3) is 5.91 Å². The number of hydrogen-bond donors (Lipinski definition) is 2. The standard InChI is InChI=1S/C22H20N2O2S/c25-21(14-13-17-7-2-1-3-8-17)23-24-22(26)16-27-15-19-11-6-10-18-9-4-5-12-20(18)19/h1-14H,15-16H2,(H,23,25)(H,24,26). The average Bonchev–Trinajstić information content (AvgIpc) is 2.71. The molecule has 0 radical (unpaired) electrons. The third-order valence-corrected chi connectivity index (χ3v) is 4.90. The average molecular weight is 376 g/mol. The summed E-state index contributed by atoms with van der Waals surface area (Å²) in [4.78, 5) is 23.6. The maximum Gasteiger partial charge on any atom is 0.262 e. The highest BCUT2D eigenvalue weighted by Crippen LogP contribution is 2.22. The summed E-state index contributed by atoms with van der Waals surface area (Å²) < 4.78 is 0. The lowest BCUT2D eigenvalue weighted by molar-refractivity contribution is -0.125. The molecule has 2 amide bonds. The summed E-state index contributed by atoms with van der Waals surface area (Å²) >= 11 is 1.51. The fraction of sp³-hybridized carbons (Fsp3) is 0.0909. The zero-order valence-corrected chi connectivity index (χ0v) is 15.5. The van der Waals surface area contributed by atoms with E-state index in [9.17, 15) is 9.59 Å². The van der Waals surface area contributed by atoms with Gasteiger partial charge in [-0.25, -0.2) is 0 Å². The number of nitrogens with one attached hydrogen (secondary N) is 2. The van der Waals surface area contributed by atoms with E-state index in [0.29, 0.717) is 0 Å². The Bertz CT molecular complexity index is 949. The summed E-state index contributed by atoms with van der Waals surface area (Å²) in [5, 5.41) is 2.39. The number of amides is 2. The van der Waals surface area contributed by atoms with Gasteiger partial charge in [0.05, 0.1) is 5.75 Å². The van der Waals surface area contributed by atoms with E-state index in [1.54, 1.807) is 6.08 Å². The van der Waals surface area contributed by atoms with Crippen LogP contribution in [0, 0.1) is 0 Å². The quantitative estimate of drug-likeness (QED) is 0.506. The summed E-state index contributed by atoms with van der Waals surface area (Å²) in [6.45, 7) is 0. The molecule has 0 fully saturated rings. The van der Waals surface area contributed by atoms with E-state index in [1.165, 1.54) is 34.2 Å². The van der Waals surface area contributed by atoms with Crippen LogP contribution in [0.5, 0.6) is 0 Å². The van der Waals surface area contributed by atoms with Gasteiger partial charge in [-0.2, -0.15) is 0 Å². The fourth-order valence-corrected chi connectivity index (χ4v) is 3.45. The molecule has 0 heterocycles. The van der Waals surface area contributed by atoms with Crippen LogP contribution in [0.1, 0.15) is 11.1 Å². The van der Waals surface area contributed by atoms with Crippen molar-refractivity contribution in [2.75, 3.05) is 5.75 Å². The van der Waals surface area contributed by atoms with Gasteiger partial charge in [0.2, 0.25) is 5.91 Å². The summed E-state index contributed by atoms with van der Waals surface area (Å²) in [6.07, 6.45) is 3.08. The molecule has 0 spiro atoms. The second kappa shape index (κ2) is 9.59. The van der Waals surface area contributed by atoms with Crippen molar-refractivity contribution < 1.29 is 9.59 Å². The Morgan fingerprint density at radius 3 is 2.44 bits per heavy atom. The number of rotatable bonds is 6. The zero-order chi connectivity index (χ0) is 18.9. The van der Waals surface area contributed by atoms with Crippen LogP contribution in [0.3, 0.4) is 0 Å². The van der Waals surface area contributed by atoms with Crippen molar-refractivity contribution in [3.8, 4) is 0 Å². The molecule has 0 aliphatic rings. The SMILES string of the molecule is O=C(C=Cc1ccccc1)NNC(=O)CSCc1cccc2ccccc12. The molecule has 3 rings (SSSR count). The van der Waals surface area contributed by atoms with Gasteiger partial charge in [0, 0.05) is 11.8 Å². The first-order chi connectivity index (χ1) is 13.2. The molecule has 136 valence electrons. The highest BCUT2D eigenvalue weighted by Gasteiger charge is 2.05. The van der Waals surface area contributed by atoms with E-state index in [4.69, 9.17) is 0 Å². The number of fused-ring (bicyclic) bond motifs is 1. The number of benzene rings is 3. The van der Waals surface area contributed by atoms with Crippen LogP contribution in [0.25, 0.3) is 16.8 Å². The summed E-state index contributed by atoms with van der Waals surface area (Å²) in [5.41, 5.74) is 6.94. The Morgan fingerprint density at radius 1 is 0.852 bits per heavy atom. The third kappa shape index (κ3) is 5.72. The largest absolute Gasteiger partial charge is 0.272 e. The highest BCUT2D eigenvalue weighted by molar-refractivity contribution is 7.99. The molecule has 2 N–H and O–H groups in total. The first-order valence-corrected chi connectivity index (χ1v) is 9.74. The van der Waals surface area contributed by atoms with Crippen molar-refractivity contribution in [3.05, 3.63) is 90.0 Å². The topological polar surface area (TPSA) is 58.2 Å². The number of thioether (sulfide) groups is 1. The summed E-state index contributed by atoms with van der Waals surface area (Å²) in [5.74, 6) is 0.399. The second-order valence-electron chi connectivity index (χ2n) is 5.91. The third-order valence-electron chi connectivity index (χ3n) is 3.92. The van der Waals surface area contributed by atoms with Gasteiger partial charge in [0.1, 0.15) is 0 Å². The molecular formula is C22H20N2O2S. The van der Waals surface area contributed by atoms with Gasteiger partial charge in [0.15, 0.2) is 0 Å². The molecule has 3 aromatic carbocycles. The molecule has 3 aromatic rings. The molecule has 0 saturated carbocycles. The Hall–Kier alpha value is -3.05. The van der Waals surface area contributed by atoms with Crippen molar-refractivity contribution in [1.29, 1.82) is 0 Å². The van der Waals surface area contributed by atoms with Crippen LogP contribution < -0.4 is 10.9 Å². The Morgan fingerprint density at radius 2 is 1.59 bits per heavy atom. The van der Waals surface area contributed by atoms with Crippen molar-refractivity contribution >= 4 is 40.4 Å². The lowest BCUT2D eigenvalue weighted by Gasteiger charge is -2.07. The van der Waals surface area contributed by atoms with Gasteiger partial charge < -0.3 is 0 Å². The van der Waals surface area contributed by atoms with Crippen molar-refractivity contribution in [2.24, 2.45) is 0 Å². The van der Waals surface area contributed by atoms with E-state index < -0.39 is 0 Å². The minimum absolute atomic E-state index is 0.235. The Balaban J connectivity index is 1.42. The van der Waals surface area contributed by atoms with Crippen LogP contribution >= 0.6 is 11.8 Å². The van der Waals surface area contributed by atoms with Crippen molar-refractivity contribution in [3.63, 3.8) is 0 Å². The van der Waals surface area contributed by atoms with Crippen LogP contribution in [0.4, 0.5) is 0 Å². The minimum atomic E-state index is -0.369. The van der Waals surface area contributed by atoms with E-state index in [1.807, 2.05) is 48.5 Å². The van der Waals surface area contributed by atoms with E-state index in [-0.39, 0.29) is 17.6 Å². The van der Waals surface area contributed by atoms with Gasteiger partial charge in [-0.3, -0.25) is 20.4 Å². The molecule has 0 unspecified atom stereocenters. The van der Waals surface area contributed by atoms with Gasteiger partial charge >= 0.3 is 0 Å². The maximum absolute atomic E-state index is 11.9. The molecule has 27 heavy (non-hydrogen) atoms. The molecule has 0 atom stereocenters. The lowest BCUT2D eigenvalue weighted by Crippen LogP contribution is -2.41. The van der Waals surface area contributed by atoms with Gasteiger partial charge in [-0.05, 0) is 28.0 Å². The smallest absolute Gasteiger partial charge is 0.262 e. The minimum Gasteiger partial charge on any atom is -0.272 e. The fourth-order valence-electron chi connectivity index (χ4n) is 2.62. The maximum atomic E-state index is 11.9. The summed E-state index contributed by atoms with van der Waals surface area (Å²) in [6, 6.07) is 23.9. The number of hydrogen-bond acceptors (Lipinski definition) is 3. The Kier molecular flexibility index (Phi) is 6.66. The first-order valence-electron chi connectivity index (χ1n) is 8.59. The lowest BCUT2D eigenvalue weighted by atomic mass is 10.1. The second-order valence-corrected chi connectivity index (χ2v) is 6.90. The molecule has 0 aliphatic heterocycles. The first kappa shape index (κ1) is 18.7.